The molecule has 0 radical (unpaired) electrons. The van der Waals surface area contributed by atoms with Crippen molar-refractivity contribution in [2.45, 2.75) is 70.6 Å². The monoisotopic (exact) mass is 371 g/mol. The fraction of sp³-hybridized carbons (Fsp3) is 0.565. The lowest BCUT2D eigenvalue weighted by Gasteiger charge is -2.08. The summed E-state index contributed by atoms with van der Waals surface area (Å²) in [5.74, 6) is 0.772. The number of nitrogens with zero attached hydrogens (tertiary/aromatic N) is 1. The van der Waals surface area contributed by atoms with Gasteiger partial charge in [-0.25, -0.2) is 0 Å². The van der Waals surface area contributed by atoms with Crippen LogP contribution in [0.15, 0.2) is 41.4 Å². The lowest BCUT2D eigenvalue weighted by Crippen LogP contribution is -2.07. The number of carbonyl (C=O) groups is 1. The van der Waals surface area contributed by atoms with Crippen LogP contribution in [0, 0.1) is 0 Å². The first-order chi connectivity index (χ1) is 13.3. The zero-order valence-electron chi connectivity index (χ0n) is 16.6. The standard InChI is InChI=1S/C23H33NO3/c1-26-22-17-15-20(16-18-22)11-7-5-6-10-14-23(25)27-19-24-21-12-8-3-2-4-9-13-21/h2-3,15-18H,4-14,19H2,1H3/b3-2+,24-21+. The second-order valence-corrected chi connectivity index (χ2v) is 7.03. The highest BCUT2D eigenvalue weighted by Crippen LogP contribution is 2.14. The molecule has 0 heterocycles. The molecule has 0 fully saturated rings. The molecule has 0 spiro atoms. The molecule has 148 valence electrons. The number of methoxy groups -OCH3 is 1. The average molecular weight is 372 g/mol. The third-order valence-electron chi connectivity index (χ3n) is 4.87. The summed E-state index contributed by atoms with van der Waals surface area (Å²) in [6.07, 6.45) is 15.6. The van der Waals surface area contributed by atoms with Crippen LogP contribution in [0.5, 0.6) is 5.75 Å². The lowest BCUT2D eigenvalue weighted by molar-refractivity contribution is -0.143. The lowest BCUT2D eigenvalue weighted by atomic mass is 10.0. The Balaban J connectivity index is 1.49. The molecule has 1 aromatic rings. The summed E-state index contributed by atoms with van der Waals surface area (Å²) in [7, 11) is 1.68. The van der Waals surface area contributed by atoms with Crippen LogP contribution in [-0.2, 0) is 16.0 Å². The fourth-order valence-electron chi connectivity index (χ4n) is 3.20. The number of benzene rings is 1. The van der Waals surface area contributed by atoms with Gasteiger partial charge in [-0.15, -0.1) is 0 Å². The van der Waals surface area contributed by atoms with Gasteiger partial charge in [0.05, 0.1) is 7.11 Å². The van der Waals surface area contributed by atoms with Crippen molar-refractivity contribution in [1.29, 1.82) is 0 Å². The topological polar surface area (TPSA) is 47.9 Å². The number of esters is 1. The highest BCUT2D eigenvalue weighted by Gasteiger charge is 2.04. The summed E-state index contributed by atoms with van der Waals surface area (Å²) in [5, 5.41) is 0. The highest BCUT2D eigenvalue weighted by molar-refractivity contribution is 5.84. The van der Waals surface area contributed by atoms with Gasteiger partial charge in [-0.2, -0.15) is 0 Å². The van der Waals surface area contributed by atoms with Gasteiger partial charge < -0.3 is 9.47 Å². The van der Waals surface area contributed by atoms with Crippen molar-refractivity contribution in [3.63, 3.8) is 0 Å². The van der Waals surface area contributed by atoms with Crippen molar-refractivity contribution in [1.82, 2.24) is 0 Å². The van der Waals surface area contributed by atoms with E-state index in [2.05, 4.69) is 29.3 Å². The molecular weight excluding hydrogens is 338 g/mol. The van der Waals surface area contributed by atoms with E-state index in [0.717, 1.165) is 70.0 Å². The first-order valence-corrected chi connectivity index (χ1v) is 10.2. The largest absolute Gasteiger partial charge is 0.497 e. The predicted molar refractivity (Wildman–Crippen MR) is 110 cm³/mol. The molecule has 0 amide bonds. The van der Waals surface area contributed by atoms with E-state index in [1.807, 2.05) is 12.1 Å². The maximum atomic E-state index is 11.8. The summed E-state index contributed by atoms with van der Waals surface area (Å²) in [6, 6.07) is 8.23. The van der Waals surface area contributed by atoms with E-state index >= 15 is 0 Å². The normalized spacial score (nSPS) is 17.1. The maximum absolute atomic E-state index is 11.8. The van der Waals surface area contributed by atoms with Gasteiger partial charge >= 0.3 is 5.97 Å². The molecule has 1 aliphatic carbocycles. The first-order valence-electron chi connectivity index (χ1n) is 10.2. The minimum atomic E-state index is -0.125. The molecule has 0 saturated heterocycles. The second kappa shape index (κ2) is 13.1. The van der Waals surface area contributed by atoms with Crippen molar-refractivity contribution in [3.05, 3.63) is 42.0 Å². The maximum Gasteiger partial charge on any atom is 0.307 e. The Kier molecular flexibility index (Phi) is 10.3. The zero-order valence-corrected chi connectivity index (χ0v) is 16.6. The molecule has 0 N–H and O–H groups in total. The summed E-state index contributed by atoms with van der Waals surface area (Å²) in [6.45, 7) is 0.190. The molecule has 1 aliphatic rings. The van der Waals surface area contributed by atoms with E-state index in [4.69, 9.17) is 9.47 Å². The molecule has 0 aromatic heterocycles. The van der Waals surface area contributed by atoms with Gasteiger partial charge in [0.1, 0.15) is 5.75 Å². The number of carbonyl (C=O) groups excluding carboxylic acids is 1. The molecule has 1 aromatic carbocycles. The average Bonchev–Trinajstić information content (AvgIpc) is 2.66. The number of hydrogen-bond acceptors (Lipinski definition) is 4. The number of hydrogen-bond donors (Lipinski definition) is 0. The molecular formula is C23H33NO3. The number of aryl methyl sites for hydroxylation is 1. The van der Waals surface area contributed by atoms with Crippen LogP contribution in [0.4, 0.5) is 0 Å². The van der Waals surface area contributed by atoms with Crippen molar-refractivity contribution < 1.29 is 14.3 Å². The molecule has 2 rings (SSSR count). The van der Waals surface area contributed by atoms with E-state index in [-0.39, 0.29) is 12.7 Å². The van der Waals surface area contributed by atoms with Gasteiger partial charge in [0, 0.05) is 12.1 Å². The van der Waals surface area contributed by atoms with Crippen LogP contribution < -0.4 is 4.74 Å². The van der Waals surface area contributed by atoms with Crippen LogP contribution in [0.1, 0.15) is 69.8 Å². The first kappa shape index (κ1) is 21.2. The van der Waals surface area contributed by atoms with E-state index in [9.17, 15) is 4.79 Å². The molecule has 0 atom stereocenters. The molecule has 0 saturated carbocycles. The third kappa shape index (κ3) is 9.41. The van der Waals surface area contributed by atoms with E-state index in [0.29, 0.717) is 6.42 Å². The Labute approximate surface area is 163 Å². The van der Waals surface area contributed by atoms with Gasteiger partial charge in [0.15, 0.2) is 6.73 Å². The Morgan fingerprint density at radius 3 is 2.59 bits per heavy atom. The van der Waals surface area contributed by atoms with Gasteiger partial charge in [0.25, 0.3) is 0 Å². The van der Waals surface area contributed by atoms with E-state index in [1.165, 1.54) is 11.3 Å². The Morgan fingerprint density at radius 1 is 1.00 bits per heavy atom. The van der Waals surface area contributed by atoms with Gasteiger partial charge in [0.2, 0.25) is 0 Å². The van der Waals surface area contributed by atoms with Crippen molar-refractivity contribution in [2.75, 3.05) is 13.8 Å². The quantitative estimate of drug-likeness (QED) is 0.303. The fourth-order valence-corrected chi connectivity index (χ4v) is 3.20. The van der Waals surface area contributed by atoms with Crippen molar-refractivity contribution >= 4 is 11.7 Å². The smallest absolute Gasteiger partial charge is 0.307 e. The number of rotatable bonds is 10. The Bertz CT molecular complexity index is 605. The van der Waals surface area contributed by atoms with Gasteiger partial charge in [-0.1, -0.05) is 37.1 Å². The van der Waals surface area contributed by atoms with E-state index < -0.39 is 0 Å². The van der Waals surface area contributed by atoms with Gasteiger partial charge in [-0.3, -0.25) is 9.79 Å². The zero-order chi connectivity index (χ0) is 19.2. The molecule has 0 unspecified atom stereocenters. The van der Waals surface area contributed by atoms with Crippen molar-refractivity contribution in [2.24, 2.45) is 4.99 Å². The minimum Gasteiger partial charge on any atom is -0.497 e. The van der Waals surface area contributed by atoms with Crippen LogP contribution in [0.2, 0.25) is 0 Å². The molecule has 0 aliphatic heterocycles. The second-order valence-electron chi connectivity index (χ2n) is 7.03. The van der Waals surface area contributed by atoms with Crippen LogP contribution in [0.25, 0.3) is 0 Å². The molecule has 0 bridgehead atoms. The number of unbranched alkanes of at least 4 members (excludes halogenated alkanes) is 3. The molecule has 27 heavy (non-hydrogen) atoms. The highest BCUT2D eigenvalue weighted by atomic mass is 16.5. The summed E-state index contributed by atoms with van der Waals surface area (Å²) >= 11 is 0. The van der Waals surface area contributed by atoms with Crippen molar-refractivity contribution in [3.8, 4) is 5.75 Å². The van der Waals surface area contributed by atoms with Crippen LogP contribution >= 0.6 is 0 Å². The summed E-state index contributed by atoms with van der Waals surface area (Å²) in [5.41, 5.74) is 2.52. The third-order valence-corrected chi connectivity index (χ3v) is 4.87. The molecule has 4 nitrogen and oxygen atoms in total. The predicted octanol–water partition coefficient (Wildman–Crippen LogP) is 5.65. The number of ether oxygens (including phenoxy) is 2. The number of allylic oxidation sites excluding steroid dienone is 2. The Hall–Kier alpha value is -2.10. The van der Waals surface area contributed by atoms with Crippen LogP contribution in [-0.4, -0.2) is 25.5 Å². The van der Waals surface area contributed by atoms with Crippen LogP contribution in [0.3, 0.4) is 0 Å². The molecule has 4 heteroatoms. The number of aliphatic imine (C=N–C) groups is 1. The summed E-state index contributed by atoms with van der Waals surface area (Å²) in [4.78, 5) is 16.3. The SMILES string of the molecule is COc1ccc(CCCCCCC(=O)OC/N=C2\CC/C=C/CCC2)cc1. The minimum absolute atomic E-state index is 0.125. The summed E-state index contributed by atoms with van der Waals surface area (Å²) < 4.78 is 10.4. The van der Waals surface area contributed by atoms with Gasteiger partial charge in [-0.05, 0) is 69.1 Å². The Morgan fingerprint density at radius 2 is 1.78 bits per heavy atom. The van der Waals surface area contributed by atoms with E-state index in [1.54, 1.807) is 7.11 Å².